The van der Waals surface area contributed by atoms with Gasteiger partial charge in [0.25, 0.3) is 0 Å². The molecule has 0 aromatic heterocycles. The van der Waals surface area contributed by atoms with Crippen molar-refractivity contribution in [2.75, 3.05) is 26.2 Å². The molecule has 2 unspecified atom stereocenters. The van der Waals surface area contributed by atoms with Gasteiger partial charge in [-0.2, -0.15) is 0 Å². The van der Waals surface area contributed by atoms with Gasteiger partial charge in [-0.25, -0.2) is 0 Å². The number of nitrogens with zero attached hydrogens (tertiary/aromatic N) is 1. The van der Waals surface area contributed by atoms with Crippen LogP contribution >= 0.6 is 0 Å². The third-order valence-corrected chi connectivity index (χ3v) is 4.14. The number of rotatable bonds is 6. The van der Waals surface area contributed by atoms with Gasteiger partial charge in [0.1, 0.15) is 12.4 Å². The Kier molecular flexibility index (Phi) is 5.86. The second-order valence-corrected chi connectivity index (χ2v) is 5.83. The van der Waals surface area contributed by atoms with Gasteiger partial charge in [-0.05, 0) is 50.9 Å². The Hall–Kier alpha value is -1.06. The van der Waals surface area contributed by atoms with Gasteiger partial charge in [-0.3, -0.25) is 4.90 Å². The van der Waals surface area contributed by atoms with E-state index >= 15 is 0 Å². The van der Waals surface area contributed by atoms with Crippen LogP contribution in [0, 0.1) is 6.92 Å². The minimum absolute atomic E-state index is 0.647. The van der Waals surface area contributed by atoms with Crippen molar-refractivity contribution in [1.82, 2.24) is 10.2 Å². The molecular weight excluding hydrogens is 248 g/mol. The molecule has 2 atom stereocenters. The predicted octanol–water partition coefficient (Wildman–Crippen LogP) is 2.84. The monoisotopic (exact) mass is 276 g/mol. The summed E-state index contributed by atoms with van der Waals surface area (Å²) in [5.41, 5.74) is 1.25. The molecule has 112 valence electrons. The lowest BCUT2D eigenvalue weighted by molar-refractivity contribution is 0.115. The van der Waals surface area contributed by atoms with Crippen molar-refractivity contribution >= 4 is 0 Å². The molecule has 1 saturated heterocycles. The van der Waals surface area contributed by atoms with E-state index < -0.39 is 0 Å². The second kappa shape index (κ2) is 7.65. The van der Waals surface area contributed by atoms with Gasteiger partial charge in [0, 0.05) is 25.2 Å². The van der Waals surface area contributed by atoms with Crippen LogP contribution < -0.4 is 10.1 Å². The van der Waals surface area contributed by atoms with Gasteiger partial charge >= 0.3 is 0 Å². The molecule has 2 rings (SSSR count). The highest BCUT2D eigenvalue weighted by Gasteiger charge is 2.24. The van der Waals surface area contributed by atoms with Gasteiger partial charge in [0.05, 0.1) is 0 Å². The van der Waals surface area contributed by atoms with Crippen molar-refractivity contribution in [3.05, 3.63) is 29.8 Å². The molecule has 20 heavy (non-hydrogen) atoms. The Balaban J connectivity index is 1.72. The lowest BCUT2D eigenvalue weighted by atomic mass is 9.98. The minimum atomic E-state index is 0.647. The van der Waals surface area contributed by atoms with Crippen LogP contribution in [0.4, 0.5) is 0 Å². The molecule has 1 aromatic carbocycles. The van der Waals surface area contributed by atoms with Gasteiger partial charge in [0.2, 0.25) is 0 Å². The topological polar surface area (TPSA) is 24.5 Å². The predicted molar refractivity (Wildman–Crippen MR) is 84.4 cm³/mol. The maximum Gasteiger partial charge on any atom is 0.119 e. The molecule has 1 aromatic rings. The summed E-state index contributed by atoms with van der Waals surface area (Å²) in [5.74, 6) is 0.986. The first-order valence-electron chi connectivity index (χ1n) is 7.86. The van der Waals surface area contributed by atoms with Crippen LogP contribution in [0.3, 0.4) is 0 Å². The molecule has 1 heterocycles. The highest BCUT2D eigenvalue weighted by molar-refractivity contribution is 5.27. The van der Waals surface area contributed by atoms with Crippen LogP contribution in [-0.4, -0.2) is 43.2 Å². The Morgan fingerprint density at radius 3 is 2.95 bits per heavy atom. The van der Waals surface area contributed by atoms with Crippen LogP contribution in [0.25, 0.3) is 0 Å². The second-order valence-electron chi connectivity index (χ2n) is 5.83. The molecule has 0 bridgehead atoms. The number of ether oxygens (including phenoxy) is 1. The zero-order chi connectivity index (χ0) is 14.4. The fourth-order valence-corrected chi connectivity index (χ4v) is 3.01. The number of piperidine rings is 1. The molecular formula is C17H28N2O. The number of nitrogens with one attached hydrogen (secondary N) is 1. The van der Waals surface area contributed by atoms with Crippen molar-refractivity contribution in [2.24, 2.45) is 0 Å². The lowest BCUT2D eigenvalue weighted by Gasteiger charge is -2.37. The molecule has 3 nitrogen and oxygen atoms in total. The number of benzene rings is 1. The van der Waals surface area contributed by atoms with Gasteiger partial charge in [-0.15, -0.1) is 0 Å². The number of likely N-dealkylation sites (tertiary alicyclic amines) is 1. The highest BCUT2D eigenvalue weighted by Crippen LogP contribution is 2.17. The summed E-state index contributed by atoms with van der Waals surface area (Å²) in [5, 5.41) is 3.57. The molecule has 1 aliphatic rings. The van der Waals surface area contributed by atoms with Crippen LogP contribution in [0.15, 0.2) is 24.3 Å². The Bertz CT molecular complexity index is 408. The zero-order valence-electron chi connectivity index (χ0n) is 13.1. The molecule has 1 aliphatic heterocycles. The zero-order valence-corrected chi connectivity index (χ0v) is 13.1. The van der Waals surface area contributed by atoms with Crippen LogP contribution in [0.5, 0.6) is 5.75 Å². The van der Waals surface area contributed by atoms with E-state index in [4.69, 9.17) is 4.74 Å². The molecule has 0 saturated carbocycles. The first-order chi connectivity index (χ1) is 9.69. The Morgan fingerprint density at radius 1 is 1.40 bits per heavy atom. The maximum atomic E-state index is 5.85. The third-order valence-electron chi connectivity index (χ3n) is 4.14. The van der Waals surface area contributed by atoms with Gasteiger partial charge in [0.15, 0.2) is 0 Å². The summed E-state index contributed by atoms with van der Waals surface area (Å²) in [7, 11) is 0. The number of hydrogen-bond acceptors (Lipinski definition) is 3. The maximum absolute atomic E-state index is 5.85. The van der Waals surface area contributed by atoms with Crippen LogP contribution in [0.1, 0.15) is 32.3 Å². The van der Waals surface area contributed by atoms with E-state index in [9.17, 15) is 0 Å². The minimum Gasteiger partial charge on any atom is -0.492 e. The smallest absolute Gasteiger partial charge is 0.119 e. The van der Waals surface area contributed by atoms with Crippen molar-refractivity contribution in [2.45, 2.75) is 45.7 Å². The molecule has 3 heteroatoms. The first-order valence-corrected chi connectivity index (χ1v) is 7.86. The van der Waals surface area contributed by atoms with Crippen LogP contribution in [-0.2, 0) is 0 Å². The summed E-state index contributed by atoms with van der Waals surface area (Å²) < 4.78 is 5.85. The molecule has 0 amide bonds. The van der Waals surface area contributed by atoms with E-state index in [2.05, 4.69) is 49.2 Å². The Labute approximate surface area is 123 Å². The largest absolute Gasteiger partial charge is 0.492 e. The molecule has 1 N–H and O–H groups in total. The fourth-order valence-electron chi connectivity index (χ4n) is 3.01. The van der Waals surface area contributed by atoms with Crippen molar-refractivity contribution < 1.29 is 4.74 Å². The first kappa shape index (κ1) is 15.3. The summed E-state index contributed by atoms with van der Waals surface area (Å²) in [6, 6.07) is 9.63. The molecule has 0 spiro atoms. The quantitative estimate of drug-likeness (QED) is 0.864. The average Bonchev–Trinajstić information content (AvgIpc) is 2.42. The van der Waals surface area contributed by atoms with Crippen LogP contribution in [0.2, 0.25) is 0 Å². The van der Waals surface area contributed by atoms with Crippen molar-refractivity contribution in [3.63, 3.8) is 0 Å². The van der Waals surface area contributed by atoms with E-state index in [-0.39, 0.29) is 0 Å². The summed E-state index contributed by atoms with van der Waals surface area (Å²) in [4.78, 5) is 2.55. The Morgan fingerprint density at radius 2 is 2.25 bits per heavy atom. The molecule has 1 fully saturated rings. The fraction of sp³-hybridized carbons (Fsp3) is 0.647. The van der Waals surface area contributed by atoms with E-state index in [0.717, 1.165) is 25.4 Å². The number of aryl methyl sites for hydroxylation is 1. The summed E-state index contributed by atoms with van der Waals surface area (Å²) in [6.07, 6.45) is 2.50. The van der Waals surface area contributed by atoms with Gasteiger partial charge in [-0.1, -0.05) is 19.1 Å². The standard InChI is InChI=1S/C17H28N2O/c1-4-18-16-8-9-19(15(3)13-16)10-11-20-17-7-5-6-14(2)12-17/h5-7,12,15-16,18H,4,8-11,13H2,1-3H3. The number of hydrogen-bond donors (Lipinski definition) is 1. The lowest BCUT2D eigenvalue weighted by Crippen LogP contribution is -2.48. The van der Waals surface area contributed by atoms with Crippen molar-refractivity contribution in [3.8, 4) is 5.75 Å². The van der Waals surface area contributed by atoms with E-state index in [1.54, 1.807) is 0 Å². The molecule has 0 aliphatic carbocycles. The van der Waals surface area contributed by atoms with E-state index in [0.29, 0.717) is 12.1 Å². The third kappa shape index (κ3) is 4.50. The average molecular weight is 276 g/mol. The summed E-state index contributed by atoms with van der Waals surface area (Å²) in [6.45, 7) is 10.7. The summed E-state index contributed by atoms with van der Waals surface area (Å²) >= 11 is 0. The SMILES string of the molecule is CCNC1CCN(CCOc2cccc(C)c2)C(C)C1. The van der Waals surface area contributed by atoms with Crippen molar-refractivity contribution in [1.29, 1.82) is 0 Å². The van der Waals surface area contributed by atoms with E-state index in [1.807, 2.05) is 6.07 Å². The highest BCUT2D eigenvalue weighted by atomic mass is 16.5. The van der Waals surface area contributed by atoms with Gasteiger partial charge < -0.3 is 10.1 Å². The normalized spacial score (nSPS) is 23.8. The molecule has 0 radical (unpaired) electrons. The van der Waals surface area contributed by atoms with E-state index in [1.165, 1.54) is 24.9 Å².